The number of carbonyl (C=O) groups is 2. The Kier molecular flexibility index (Phi) is 5.02. The molecule has 1 saturated carbocycles. The van der Waals surface area contributed by atoms with Gasteiger partial charge in [0.05, 0.1) is 0 Å². The molecule has 1 aliphatic heterocycles. The van der Waals surface area contributed by atoms with Crippen molar-refractivity contribution in [3.8, 4) is 0 Å². The Morgan fingerprint density at radius 1 is 0.833 bits per heavy atom. The molecule has 2 fully saturated rings. The van der Waals surface area contributed by atoms with E-state index in [0.717, 1.165) is 38.8 Å². The van der Waals surface area contributed by atoms with Gasteiger partial charge in [0.15, 0.2) is 0 Å². The number of hydrogen-bond donors (Lipinski definition) is 1. The first-order valence-electron chi connectivity index (χ1n) is 7.37. The number of carbonyl (C=O) groups excluding carboxylic acids is 2. The zero-order valence-electron chi connectivity index (χ0n) is 11.1. The number of likely N-dealkylation sites (tertiary alicyclic amines) is 1. The van der Waals surface area contributed by atoms with E-state index in [1.54, 1.807) is 4.90 Å². The van der Waals surface area contributed by atoms with E-state index in [9.17, 15) is 9.59 Å². The van der Waals surface area contributed by atoms with Gasteiger partial charge in [-0.15, -0.1) is 0 Å². The largest absolute Gasteiger partial charge is 0.345 e. The number of rotatable bonds is 1. The van der Waals surface area contributed by atoms with Gasteiger partial charge in [-0.1, -0.05) is 25.7 Å². The molecule has 102 valence electrons. The third-order valence-corrected chi connectivity index (χ3v) is 4.03. The molecule has 2 amide bonds. The molecule has 0 aromatic carbocycles. The van der Waals surface area contributed by atoms with E-state index in [4.69, 9.17) is 0 Å². The van der Waals surface area contributed by atoms with Crippen molar-refractivity contribution >= 4 is 11.8 Å². The van der Waals surface area contributed by atoms with Crippen molar-refractivity contribution in [2.45, 2.75) is 63.8 Å². The number of hydrogen-bond acceptors (Lipinski definition) is 2. The second-order valence-electron chi connectivity index (χ2n) is 5.51. The summed E-state index contributed by atoms with van der Waals surface area (Å²) < 4.78 is 0. The summed E-state index contributed by atoms with van der Waals surface area (Å²) in [6.07, 6.45) is 10.1. The molecule has 0 aromatic heterocycles. The third-order valence-electron chi connectivity index (χ3n) is 4.03. The van der Waals surface area contributed by atoms with Crippen molar-refractivity contribution in [3.63, 3.8) is 0 Å². The van der Waals surface area contributed by atoms with Crippen LogP contribution in [0.3, 0.4) is 0 Å². The van der Waals surface area contributed by atoms with Crippen LogP contribution in [0.1, 0.15) is 57.8 Å². The van der Waals surface area contributed by atoms with Crippen LogP contribution < -0.4 is 5.32 Å². The SMILES string of the molecule is O=C(NC1CCCCCC1)C(=O)N1CCCCC1. The molecule has 4 nitrogen and oxygen atoms in total. The molecule has 0 spiro atoms. The van der Waals surface area contributed by atoms with Gasteiger partial charge in [-0.05, 0) is 32.1 Å². The molecule has 0 unspecified atom stereocenters. The van der Waals surface area contributed by atoms with Gasteiger partial charge in [0.25, 0.3) is 0 Å². The maximum absolute atomic E-state index is 12.0. The average Bonchev–Trinajstić information content (AvgIpc) is 2.67. The zero-order chi connectivity index (χ0) is 12.8. The van der Waals surface area contributed by atoms with Gasteiger partial charge in [0.1, 0.15) is 0 Å². The molecule has 2 aliphatic rings. The molecule has 0 bridgehead atoms. The minimum absolute atomic E-state index is 0.216. The van der Waals surface area contributed by atoms with Crippen molar-refractivity contribution in [2.24, 2.45) is 0 Å². The summed E-state index contributed by atoms with van der Waals surface area (Å²) in [5.41, 5.74) is 0. The normalized spacial score (nSPS) is 22.3. The van der Waals surface area contributed by atoms with E-state index < -0.39 is 0 Å². The standard InChI is InChI=1S/C14H24N2O2/c17-13(14(18)16-10-6-3-7-11-16)15-12-8-4-1-2-5-9-12/h12H,1-11H2,(H,15,17). The van der Waals surface area contributed by atoms with Crippen LogP contribution in [-0.2, 0) is 9.59 Å². The van der Waals surface area contributed by atoms with Crippen LogP contribution in [0, 0.1) is 0 Å². The first-order chi connectivity index (χ1) is 8.77. The van der Waals surface area contributed by atoms with Crippen molar-refractivity contribution < 1.29 is 9.59 Å². The lowest BCUT2D eigenvalue weighted by molar-refractivity contribution is -0.146. The Bertz CT molecular complexity index is 290. The highest BCUT2D eigenvalue weighted by Crippen LogP contribution is 2.17. The van der Waals surface area contributed by atoms with Crippen LogP contribution in [0.2, 0.25) is 0 Å². The second-order valence-corrected chi connectivity index (χ2v) is 5.51. The van der Waals surface area contributed by atoms with Crippen molar-refractivity contribution in [1.29, 1.82) is 0 Å². The van der Waals surface area contributed by atoms with Gasteiger partial charge in [-0.25, -0.2) is 0 Å². The van der Waals surface area contributed by atoms with Crippen LogP contribution in [0.4, 0.5) is 0 Å². The summed E-state index contributed by atoms with van der Waals surface area (Å²) >= 11 is 0. The fraction of sp³-hybridized carbons (Fsp3) is 0.857. The minimum Gasteiger partial charge on any atom is -0.345 e. The fourth-order valence-electron chi connectivity index (χ4n) is 2.91. The zero-order valence-corrected chi connectivity index (χ0v) is 11.1. The van der Waals surface area contributed by atoms with Gasteiger partial charge in [-0.2, -0.15) is 0 Å². The van der Waals surface area contributed by atoms with Gasteiger partial charge >= 0.3 is 11.8 Å². The van der Waals surface area contributed by atoms with Crippen LogP contribution in [0.5, 0.6) is 0 Å². The Labute approximate surface area is 109 Å². The third kappa shape index (κ3) is 3.72. The van der Waals surface area contributed by atoms with Crippen LogP contribution in [0.15, 0.2) is 0 Å². The highest BCUT2D eigenvalue weighted by molar-refractivity contribution is 6.35. The second kappa shape index (κ2) is 6.76. The summed E-state index contributed by atoms with van der Waals surface area (Å²) in [5.74, 6) is -0.706. The predicted molar refractivity (Wildman–Crippen MR) is 70.1 cm³/mol. The molecular formula is C14H24N2O2. The molecule has 18 heavy (non-hydrogen) atoms. The lowest BCUT2D eigenvalue weighted by Gasteiger charge is -2.27. The van der Waals surface area contributed by atoms with Crippen molar-refractivity contribution in [1.82, 2.24) is 10.2 Å². The highest BCUT2D eigenvalue weighted by atomic mass is 16.2. The van der Waals surface area contributed by atoms with E-state index in [-0.39, 0.29) is 17.9 Å². The molecule has 1 saturated heterocycles. The summed E-state index contributed by atoms with van der Waals surface area (Å²) in [4.78, 5) is 25.6. The van der Waals surface area contributed by atoms with Crippen LogP contribution in [0.25, 0.3) is 0 Å². The number of nitrogens with one attached hydrogen (secondary N) is 1. The lowest BCUT2D eigenvalue weighted by atomic mass is 10.1. The van der Waals surface area contributed by atoms with E-state index in [0.29, 0.717) is 0 Å². The summed E-state index contributed by atoms with van der Waals surface area (Å²) in [7, 11) is 0. The monoisotopic (exact) mass is 252 g/mol. The van der Waals surface area contributed by atoms with E-state index in [1.165, 1.54) is 32.1 Å². The smallest absolute Gasteiger partial charge is 0.311 e. The predicted octanol–water partition coefficient (Wildman–Crippen LogP) is 1.84. The van der Waals surface area contributed by atoms with Crippen LogP contribution in [-0.4, -0.2) is 35.8 Å². The van der Waals surface area contributed by atoms with Gasteiger partial charge in [0.2, 0.25) is 0 Å². The molecule has 0 aromatic rings. The Hall–Kier alpha value is -1.06. The summed E-state index contributed by atoms with van der Waals surface area (Å²) in [6, 6.07) is 0.216. The van der Waals surface area contributed by atoms with Crippen LogP contribution >= 0.6 is 0 Å². The molecule has 0 atom stereocenters. The molecule has 4 heteroatoms. The Morgan fingerprint density at radius 3 is 2.00 bits per heavy atom. The molecular weight excluding hydrogens is 228 g/mol. The summed E-state index contributed by atoms with van der Waals surface area (Å²) in [6.45, 7) is 1.49. The summed E-state index contributed by atoms with van der Waals surface area (Å²) in [5, 5.41) is 2.93. The maximum atomic E-state index is 12.0. The van der Waals surface area contributed by atoms with Crippen molar-refractivity contribution in [2.75, 3.05) is 13.1 Å². The molecule has 1 N–H and O–H groups in total. The highest BCUT2D eigenvalue weighted by Gasteiger charge is 2.25. The minimum atomic E-state index is -0.385. The molecule has 0 radical (unpaired) electrons. The topological polar surface area (TPSA) is 49.4 Å². The Morgan fingerprint density at radius 2 is 1.39 bits per heavy atom. The number of nitrogens with zero attached hydrogens (tertiary/aromatic N) is 1. The maximum Gasteiger partial charge on any atom is 0.311 e. The molecule has 2 rings (SSSR count). The number of piperidine rings is 1. The molecule has 1 heterocycles. The quantitative estimate of drug-likeness (QED) is 0.572. The lowest BCUT2D eigenvalue weighted by Crippen LogP contribution is -2.48. The van der Waals surface area contributed by atoms with Gasteiger partial charge in [-0.3, -0.25) is 9.59 Å². The molecule has 1 aliphatic carbocycles. The van der Waals surface area contributed by atoms with Gasteiger partial charge in [0, 0.05) is 19.1 Å². The first kappa shape index (κ1) is 13.4. The Balaban J connectivity index is 1.80. The number of amides is 2. The fourth-order valence-corrected chi connectivity index (χ4v) is 2.91. The van der Waals surface area contributed by atoms with E-state index in [1.807, 2.05) is 0 Å². The van der Waals surface area contributed by atoms with Crippen molar-refractivity contribution in [3.05, 3.63) is 0 Å². The van der Waals surface area contributed by atoms with E-state index in [2.05, 4.69) is 5.32 Å². The van der Waals surface area contributed by atoms with Gasteiger partial charge < -0.3 is 10.2 Å². The average molecular weight is 252 g/mol. The first-order valence-corrected chi connectivity index (χ1v) is 7.37. The van der Waals surface area contributed by atoms with E-state index >= 15 is 0 Å².